The average molecular weight is 358 g/mol. The molecule has 26 heavy (non-hydrogen) atoms. The number of amides is 2. The van der Waals surface area contributed by atoms with Crippen molar-refractivity contribution >= 4 is 11.8 Å². The van der Waals surface area contributed by atoms with Crippen LogP contribution in [0.3, 0.4) is 0 Å². The standard InChI is InChI=1S/C21H30N2O3/c1-15-6-5-7-16(2)23(15)20(24)14-26-19-12-10-17(11-13-19)21(25)22-18-8-3-4-9-18/h10-13,15-16,18H,3-9,14H2,1-2H3,(H,22,25). The Balaban J connectivity index is 1.50. The van der Waals surface area contributed by atoms with Crippen LogP contribution < -0.4 is 10.1 Å². The normalized spacial score (nSPS) is 23.7. The number of carbonyl (C=O) groups excluding carboxylic acids is 2. The Morgan fingerprint density at radius 3 is 2.23 bits per heavy atom. The molecule has 0 aromatic heterocycles. The summed E-state index contributed by atoms with van der Waals surface area (Å²) < 4.78 is 5.66. The predicted molar refractivity (Wildman–Crippen MR) is 101 cm³/mol. The van der Waals surface area contributed by atoms with Crippen LogP contribution in [0.25, 0.3) is 0 Å². The van der Waals surface area contributed by atoms with Crippen LogP contribution in [-0.2, 0) is 4.79 Å². The summed E-state index contributed by atoms with van der Waals surface area (Å²) in [5, 5.41) is 3.08. The Morgan fingerprint density at radius 1 is 1.00 bits per heavy atom. The molecule has 3 rings (SSSR count). The maximum atomic E-state index is 12.5. The van der Waals surface area contributed by atoms with Gasteiger partial charge in [0, 0.05) is 23.7 Å². The third-order valence-electron chi connectivity index (χ3n) is 5.65. The van der Waals surface area contributed by atoms with Crippen molar-refractivity contribution in [1.29, 1.82) is 0 Å². The van der Waals surface area contributed by atoms with Crippen molar-refractivity contribution in [3.05, 3.63) is 29.8 Å². The molecule has 2 unspecified atom stereocenters. The fourth-order valence-corrected chi connectivity index (χ4v) is 4.17. The monoisotopic (exact) mass is 358 g/mol. The van der Waals surface area contributed by atoms with Gasteiger partial charge in [0.25, 0.3) is 11.8 Å². The third-order valence-corrected chi connectivity index (χ3v) is 5.65. The lowest BCUT2D eigenvalue weighted by atomic mass is 9.97. The molecule has 1 aliphatic heterocycles. The lowest BCUT2D eigenvalue weighted by Gasteiger charge is -2.38. The Labute approximate surface area is 156 Å². The predicted octanol–water partition coefficient (Wildman–Crippen LogP) is 3.53. The summed E-state index contributed by atoms with van der Waals surface area (Å²) in [4.78, 5) is 26.7. The molecule has 5 heteroatoms. The second kappa shape index (κ2) is 8.56. The molecule has 142 valence electrons. The van der Waals surface area contributed by atoms with Crippen molar-refractivity contribution in [2.24, 2.45) is 0 Å². The van der Waals surface area contributed by atoms with Gasteiger partial charge in [-0.3, -0.25) is 9.59 Å². The molecule has 0 spiro atoms. The van der Waals surface area contributed by atoms with Crippen LogP contribution in [0.1, 0.15) is 69.2 Å². The molecule has 0 bridgehead atoms. The number of benzene rings is 1. The number of ether oxygens (including phenoxy) is 1. The van der Waals surface area contributed by atoms with Crippen LogP contribution in [0.2, 0.25) is 0 Å². The average Bonchev–Trinajstić information content (AvgIpc) is 3.13. The first kappa shape index (κ1) is 18.7. The van der Waals surface area contributed by atoms with Crippen LogP contribution in [0.4, 0.5) is 0 Å². The van der Waals surface area contributed by atoms with E-state index in [1.165, 1.54) is 19.3 Å². The zero-order chi connectivity index (χ0) is 18.5. The van der Waals surface area contributed by atoms with E-state index in [0.29, 0.717) is 17.4 Å². The maximum absolute atomic E-state index is 12.5. The first-order chi connectivity index (χ1) is 12.5. The number of carbonyl (C=O) groups is 2. The highest BCUT2D eigenvalue weighted by Crippen LogP contribution is 2.23. The summed E-state index contributed by atoms with van der Waals surface area (Å²) in [5.41, 5.74) is 0.633. The van der Waals surface area contributed by atoms with E-state index in [1.54, 1.807) is 24.3 Å². The molecular weight excluding hydrogens is 328 g/mol. The number of hydrogen-bond acceptors (Lipinski definition) is 3. The van der Waals surface area contributed by atoms with E-state index in [0.717, 1.165) is 25.7 Å². The van der Waals surface area contributed by atoms with Gasteiger partial charge in [-0.1, -0.05) is 12.8 Å². The second-order valence-corrected chi connectivity index (χ2v) is 7.70. The fraction of sp³-hybridized carbons (Fsp3) is 0.619. The summed E-state index contributed by atoms with van der Waals surface area (Å²) in [6, 6.07) is 7.91. The number of piperidine rings is 1. The van der Waals surface area contributed by atoms with E-state index in [-0.39, 0.29) is 30.5 Å². The van der Waals surface area contributed by atoms with Gasteiger partial charge in [0.2, 0.25) is 0 Å². The molecule has 1 aromatic rings. The molecule has 1 N–H and O–H groups in total. The molecular formula is C21H30N2O3. The molecule has 0 radical (unpaired) electrons. The van der Waals surface area contributed by atoms with Gasteiger partial charge in [0.05, 0.1) is 0 Å². The topological polar surface area (TPSA) is 58.6 Å². The van der Waals surface area contributed by atoms with Gasteiger partial charge in [-0.05, 0) is 70.2 Å². The molecule has 5 nitrogen and oxygen atoms in total. The number of rotatable bonds is 5. The van der Waals surface area contributed by atoms with Crippen LogP contribution >= 0.6 is 0 Å². The number of nitrogens with one attached hydrogen (secondary N) is 1. The summed E-state index contributed by atoms with van der Waals surface area (Å²) >= 11 is 0. The van der Waals surface area contributed by atoms with E-state index >= 15 is 0 Å². The fourth-order valence-electron chi connectivity index (χ4n) is 4.17. The second-order valence-electron chi connectivity index (χ2n) is 7.70. The van der Waals surface area contributed by atoms with Crippen molar-refractivity contribution < 1.29 is 14.3 Å². The summed E-state index contributed by atoms with van der Waals surface area (Å²) in [7, 11) is 0. The van der Waals surface area contributed by atoms with Crippen LogP contribution in [0.5, 0.6) is 5.75 Å². The van der Waals surface area contributed by atoms with Gasteiger partial charge in [0.15, 0.2) is 6.61 Å². The summed E-state index contributed by atoms with van der Waals surface area (Å²) in [6.07, 6.45) is 7.82. The van der Waals surface area contributed by atoms with E-state index in [4.69, 9.17) is 4.74 Å². The van der Waals surface area contributed by atoms with Crippen molar-refractivity contribution in [1.82, 2.24) is 10.2 Å². The van der Waals surface area contributed by atoms with Gasteiger partial charge in [-0.2, -0.15) is 0 Å². The Hall–Kier alpha value is -2.04. The minimum atomic E-state index is -0.0320. The third kappa shape index (κ3) is 4.57. The van der Waals surface area contributed by atoms with Crippen LogP contribution in [0, 0.1) is 0 Å². The molecule has 1 heterocycles. The van der Waals surface area contributed by atoms with E-state index < -0.39 is 0 Å². The highest BCUT2D eigenvalue weighted by atomic mass is 16.5. The van der Waals surface area contributed by atoms with E-state index in [9.17, 15) is 9.59 Å². The minimum Gasteiger partial charge on any atom is -0.484 e. The summed E-state index contributed by atoms with van der Waals surface area (Å²) in [6.45, 7) is 4.25. The van der Waals surface area contributed by atoms with Gasteiger partial charge < -0.3 is 15.0 Å². The zero-order valence-electron chi connectivity index (χ0n) is 15.9. The quantitative estimate of drug-likeness (QED) is 0.876. The summed E-state index contributed by atoms with van der Waals surface area (Å²) in [5.74, 6) is 0.622. The van der Waals surface area contributed by atoms with Crippen LogP contribution in [-0.4, -0.2) is 41.4 Å². The van der Waals surface area contributed by atoms with Gasteiger partial charge >= 0.3 is 0 Å². The SMILES string of the molecule is CC1CCCC(C)N1C(=O)COc1ccc(C(=O)NC2CCCC2)cc1. The first-order valence-corrected chi connectivity index (χ1v) is 9.89. The van der Waals surface area contributed by atoms with Crippen molar-refractivity contribution in [2.45, 2.75) is 76.9 Å². The Morgan fingerprint density at radius 2 is 1.62 bits per heavy atom. The van der Waals surface area contributed by atoms with Gasteiger partial charge in [-0.25, -0.2) is 0 Å². The molecule has 2 aliphatic rings. The Kier molecular flexibility index (Phi) is 6.17. The van der Waals surface area contributed by atoms with Crippen molar-refractivity contribution in [3.8, 4) is 5.75 Å². The lowest BCUT2D eigenvalue weighted by Crippen LogP contribution is -2.49. The van der Waals surface area contributed by atoms with Crippen molar-refractivity contribution in [3.63, 3.8) is 0 Å². The van der Waals surface area contributed by atoms with E-state index in [2.05, 4.69) is 19.2 Å². The molecule has 1 saturated heterocycles. The number of hydrogen-bond donors (Lipinski definition) is 1. The molecule has 1 aliphatic carbocycles. The largest absolute Gasteiger partial charge is 0.484 e. The number of likely N-dealkylation sites (tertiary alicyclic amines) is 1. The highest BCUT2D eigenvalue weighted by molar-refractivity contribution is 5.94. The molecule has 2 fully saturated rings. The van der Waals surface area contributed by atoms with Gasteiger partial charge in [-0.15, -0.1) is 0 Å². The first-order valence-electron chi connectivity index (χ1n) is 9.89. The van der Waals surface area contributed by atoms with Crippen LogP contribution in [0.15, 0.2) is 24.3 Å². The zero-order valence-corrected chi connectivity index (χ0v) is 15.9. The highest BCUT2D eigenvalue weighted by Gasteiger charge is 2.29. The van der Waals surface area contributed by atoms with E-state index in [1.807, 2.05) is 4.90 Å². The number of nitrogens with zero attached hydrogens (tertiary/aromatic N) is 1. The van der Waals surface area contributed by atoms with Crippen molar-refractivity contribution in [2.75, 3.05) is 6.61 Å². The van der Waals surface area contributed by atoms with Gasteiger partial charge in [0.1, 0.15) is 5.75 Å². The molecule has 2 amide bonds. The molecule has 1 aromatic carbocycles. The lowest BCUT2D eigenvalue weighted by molar-refractivity contribution is -0.139. The molecule has 2 atom stereocenters. The maximum Gasteiger partial charge on any atom is 0.260 e. The molecule has 1 saturated carbocycles. The minimum absolute atomic E-state index is 0.0320. The Bertz CT molecular complexity index is 613. The smallest absolute Gasteiger partial charge is 0.260 e.